The minimum absolute atomic E-state index is 0.301. The van der Waals surface area contributed by atoms with Crippen LogP contribution in [0.25, 0.3) is 0 Å². The van der Waals surface area contributed by atoms with Crippen molar-refractivity contribution in [2.45, 2.75) is 18.9 Å². The van der Waals surface area contributed by atoms with Crippen LogP contribution in [0.1, 0.15) is 13.3 Å². The van der Waals surface area contributed by atoms with Crippen LogP contribution in [0.3, 0.4) is 0 Å². The van der Waals surface area contributed by atoms with Crippen LogP contribution in [0, 0.1) is 0 Å². The number of alkyl halides is 2. The standard InChI is InChI=1S/C10H20Br2O3/c1-3-10(13-2,8-14-6-4-11)9-15-7-5-12/h3-9H2,1-2H3. The van der Waals surface area contributed by atoms with Gasteiger partial charge < -0.3 is 14.2 Å². The summed E-state index contributed by atoms with van der Waals surface area (Å²) in [5, 5.41) is 1.69. The maximum Gasteiger partial charge on any atom is 0.114 e. The van der Waals surface area contributed by atoms with E-state index < -0.39 is 0 Å². The summed E-state index contributed by atoms with van der Waals surface area (Å²) >= 11 is 6.64. The molecule has 0 bridgehead atoms. The summed E-state index contributed by atoms with van der Waals surface area (Å²) in [5.74, 6) is 0. The Hall–Kier alpha value is 0.840. The molecule has 0 atom stereocenters. The summed E-state index contributed by atoms with van der Waals surface area (Å²) in [7, 11) is 1.71. The summed E-state index contributed by atoms with van der Waals surface area (Å²) < 4.78 is 16.5. The lowest BCUT2D eigenvalue weighted by atomic mass is 10.0. The summed E-state index contributed by atoms with van der Waals surface area (Å²) in [6.07, 6.45) is 0.883. The van der Waals surface area contributed by atoms with E-state index in [0.29, 0.717) is 26.4 Å². The Morgan fingerprint density at radius 1 is 1.00 bits per heavy atom. The zero-order valence-electron chi connectivity index (χ0n) is 9.43. The first-order chi connectivity index (χ1) is 7.24. The normalized spacial score (nSPS) is 12.0. The Labute approximate surface area is 109 Å². The Morgan fingerprint density at radius 2 is 1.47 bits per heavy atom. The molecule has 0 aliphatic heterocycles. The maximum absolute atomic E-state index is 5.50. The first kappa shape index (κ1) is 15.8. The third-order valence-corrected chi connectivity index (χ3v) is 2.90. The number of methoxy groups -OCH3 is 1. The van der Waals surface area contributed by atoms with Crippen LogP contribution in [0.15, 0.2) is 0 Å². The second kappa shape index (κ2) is 10.0. The Morgan fingerprint density at radius 3 is 1.73 bits per heavy atom. The van der Waals surface area contributed by atoms with Gasteiger partial charge in [-0.2, -0.15) is 0 Å². The van der Waals surface area contributed by atoms with Crippen LogP contribution in [0.4, 0.5) is 0 Å². The van der Waals surface area contributed by atoms with Crippen molar-refractivity contribution in [1.82, 2.24) is 0 Å². The van der Waals surface area contributed by atoms with Gasteiger partial charge in [0.1, 0.15) is 5.60 Å². The van der Waals surface area contributed by atoms with E-state index in [1.807, 2.05) is 0 Å². The molecule has 0 spiro atoms. The van der Waals surface area contributed by atoms with Crippen molar-refractivity contribution in [1.29, 1.82) is 0 Å². The quantitative estimate of drug-likeness (QED) is 0.449. The molecular formula is C10H20Br2O3. The van der Waals surface area contributed by atoms with E-state index in [0.717, 1.165) is 17.1 Å². The molecule has 0 aliphatic rings. The number of hydrogen-bond donors (Lipinski definition) is 0. The molecule has 15 heavy (non-hydrogen) atoms. The molecule has 5 heteroatoms. The molecule has 0 amide bonds. The highest BCUT2D eigenvalue weighted by molar-refractivity contribution is 9.09. The molecule has 0 heterocycles. The third-order valence-electron chi connectivity index (χ3n) is 2.25. The molecular weight excluding hydrogens is 328 g/mol. The van der Waals surface area contributed by atoms with Gasteiger partial charge in [0.15, 0.2) is 0 Å². The highest BCUT2D eigenvalue weighted by Gasteiger charge is 2.28. The smallest absolute Gasteiger partial charge is 0.114 e. The molecule has 0 saturated carbocycles. The highest BCUT2D eigenvalue weighted by Crippen LogP contribution is 2.16. The molecule has 0 aromatic rings. The first-order valence-electron chi connectivity index (χ1n) is 5.07. The van der Waals surface area contributed by atoms with Gasteiger partial charge in [-0.05, 0) is 6.42 Å². The molecule has 0 rings (SSSR count). The maximum atomic E-state index is 5.50. The van der Waals surface area contributed by atoms with E-state index >= 15 is 0 Å². The Balaban J connectivity index is 3.93. The first-order valence-corrected chi connectivity index (χ1v) is 7.31. The lowest BCUT2D eigenvalue weighted by Gasteiger charge is -2.30. The van der Waals surface area contributed by atoms with Crippen LogP contribution < -0.4 is 0 Å². The second-order valence-electron chi connectivity index (χ2n) is 3.22. The van der Waals surface area contributed by atoms with E-state index in [1.54, 1.807) is 7.11 Å². The molecule has 3 nitrogen and oxygen atoms in total. The molecule has 0 unspecified atom stereocenters. The van der Waals surface area contributed by atoms with Crippen LogP contribution >= 0.6 is 31.9 Å². The van der Waals surface area contributed by atoms with Crippen molar-refractivity contribution in [2.75, 3.05) is 44.2 Å². The second-order valence-corrected chi connectivity index (χ2v) is 4.81. The molecule has 92 valence electrons. The van der Waals surface area contributed by atoms with Gasteiger partial charge in [-0.15, -0.1) is 0 Å². The minimum atomic E-state index is -0.301. The number of ether oxygens (including phenoxy) is 3. The SMILES string of the molecule is CCC(COCCBr)(COCCBr)OC. The monoisotopic (exact) mass is 346 g/mol. The van der Waals surface area contributed by atoms with Gasteiger partial charge in [-0.1, -0.05) is 38.8 Å². The zero-order valence-corrected chi connectivity index (χ0v) is 12.6. The van der Waals surface area contributed by atoms with Gasteiger partial charge >= 0.3 is 0 Å². The summed E-state index contributed by atoms with van der Waals surface area (Å²) in [6.45, 7) is 4.63. The van der Waals surface area contributed by atoms with E-state index in [-0.39, 0.29) is 5.60 Å². The molecule has 0 N–H and O–H groups in total. The van der Waals surface area contributed by atoms with E-state index in [4.69, 9.17) is 14.2 Å². The molecule has 0 radical (unpaired) electrons. The Kier molecular flexibility index (Phi) is 10.6. The molecule has 0 aromatic carbocycles. The topological polar surface area (TPSA) is 27.7 Å². The third kappa shape index (κ3) is 6.89. The molecule has 0 fully saturated rings. The number of halogens is 2. The van der Waals surface area contributed by atoms with Crippen molar-refractivity contribution in [3.8, 4) is 0 Å². The van der Waals surface area contributed by atoms with E-state index in [1.165, 1.54) is 0 Å². The fourth-order valence-corrected chi connectivity index (χ4v) is 1.59. The van der Waals surface area contributed by atoms with Gasteiger partial charge in [0.2, 0.25) is 0 Å². The molecule has 0 aliphatic carbocycles. The Bertz CT molecular complexity index is 129. The zero-order chi connectivity index (χ0) is 11.6. The van der Waals surface area contributed by atoms with E-state index in [9.17, 15) is 0 Å². The van der Waals surface area contributed by atoms with Crippen molar-refractivity contribution in [3.63, 3.8) is 0 Å². The lowest BCUT2D eigenvalue weighted by molar-refractivity contribution is -0.116. The summed E-state index contributed by atoms with van der Waals surface area (Å²) in [5.41, 5.74) is -0.301. The average Bonchev–Trinajstić information content (AvgIpc) is 2.28. The number of rotatable bonds is 10. The van der Waals surface area contributed by atoms with Crippen molar-refractivity contribution < 1.29 is 14.2 Å². The van der Waals surface area contributed by atoms with Gasteiger partial charge in [-0.3, -0.25) is 0 Å². The van der Waals surface area contributed by atoms with E-state index in [2.05, 4.69) is 38.8 Å². The minimum Gasteiger partial charge on any atom is -0.377 e. The highest BCUT2D eigenvalue weighted by atomic mass is 79.9. The van der Waals surface area contributed by atoms with Crippen LogP contribution in [-0.4, -0.2) is 49.8 Å². The van der Waals surface area contributed by atoms with Gasteiger partial charge in [0.05, 0.1) is 26.4 Å². The predicted molar refractivity (Wildman–Crippen MR) is 69.3 cm³/mol. The summed E-state index contributed by atoms with van der Waals surface area (Å²) in [4.78, 5) is 0. The van der Waals surface area contributed by atoms with Gasteiger partial charge in [0, 0.05) is 17.8 Å². The van der Waals surface area contributed by atoms with Gasteiger partial charge in [-0.25, -0.2) is 0 Å². The largest absolute Gasteiger partial charge is 0.377 e. The van der Waals surface area contributed by atoms with Crippen LogP contribution in [0.2, 0.25) is 0 Å². The fraction of sp³-hybridized carbons (Fsp3) is 1.00. The predicted octanol–water partition coefficient (Wildman–Crippen LogP) is 2.60. The van der Waals surface area contributed by atoms with Crippen LogP contribution in [-0.2, 0) is 14.2 Å². The molecule has 0 saturated heterocycles. The summed E-state index contributed by atoms with van der Waals surface area (Å²) in [6, 6.07) is 0. The number of hydrogen-bond acceptors (Lipinski definition) is 3. The average molecular weight is 348 g/mol. The van der Waals surface area contributed by atoms with Crippen molar-refractivity contribution >= 4 is 31.9 Å². The lowest BCUT2D eigenvalue weighted by Crippen LogP contribution is -2.41. The van der Waals surface area contributed by atoms with Gasteiger partial charge in [0.25, 0.3) is 0 Å². The van der Waals surface area contributed by atoms with Crippen LogP contribution in [0.5, 0.6) is 0 Å². The van der Waals surface area contributed by atoms with Crippen molar-refractivity contribution in [3.05, 3.63) is 0 Å². The molecule has 0 aromatic heterocycles. The fourth-order valence-electron chi connectivity index (χ4n) is 1.13. The van der Waals surface area contributed by atoms with Crippen molar-refractivity contribution in [2.24, 2.45) is 0 Å².